The van der Waals surface area contributed by atoms with E-state index in [4.69, 9.17) is 0 Å². The van der Waals surface area contributed by atoms with Gasteiger partial charge in [-0.15, -0.1) is 0 Å². The van der Waals surface area contributed by atoms with E-state index >= 15 is 0 Å². The Bertz CT molecular complexity index is 3380. The Morgan fingerprint density at radius 2 is 0.597 bits per heavy atom. The van der Waals surface area contributed by atoms with Gasteiger partial charge in [0, 0.05) is 5.39 Å². The number of benzene rings is 5. The molecule has 0 aromatic heterocycles. The fourth-order valence-electron chi connectivity index (χ4n) is 6.28. The van der Waals surface area contributed by atoms with Crippen molar-refractivity contribution in [3.8, 4) is 0 Å². The Hall–Kier alpha value is -9.16. The minimum Gasteiger partial charge on any atom is -0.478 e. The average Bonchev–Trinajstić information content (AvgIpc) is 3.21. The highest BCUT2D eigenvalue weighted by molar-refractivity contribution is 7.94. The topological polar surface area (TPSA) is 474 Å². The largest absolute Gasteiger partial charge is 0.478 e. The lowest BCUT2D eigenvalue weighted by molar-refractivity contribution is 0.0632. The van der Waals surface area contributed by atoms with E-state index < -0.39 is 176 Å². The quantitative estimate of drug-likeness (QED) is 0.0600. The zero-order chi connectivity index (χ0) is 50.4. The Morgan fingerprint density at radius 1 is 0.328 bits per heavy atom. The van der Waals surface area contributed by atoms with Crippen LogP contribution in [0.3, 0.4) is 0 Å². The summed E-state index contributed by atoms with van der Waals surface area (Å²) < 4.78 is 89.0. The summed E-state index contributed by atoms with van der Waals surface area (Å²) in [6.45, 7) is 0. The fourth-order valence-corrected chi connectivity index (χ4v) is 9.82. The average molecular weight is 990 g/mol. The van der Waals surface area contributed by atoms with Crippen molar-refractivity contribution in [1.82, 2.24) is 0 Å². The molecule has 0 spiro atoms. The molecule has 67 heavy (non-hydrogen) atoms. The number of nitrogens with one attached hydrogen (secondary N) is 3. The predicted molar refractivity (Wildman–Crippen MR) is 218 cm³/mol. The summed E-state index contributed by atoms with van der Waals surface area (Å²) in [5.74, 6) is -18.4. The zero-order valence-electron chi connectivity index (χ0n) is 32.2. The lowest BCUT2D eigenvalue weighted by Crippen LogP contribution is -2.20. The number of hydrogen-bond acceptors (Lipinski definition) is 15. The van der Waals surface area contributed by atoms with E-state index in [9.17, 15) is 114 Å². The lowest BCUT2D eigenvalue weighted by Gasteiger charge is -2.17. The van der Waals surface area contributed by atoms with Crippen LogP contribution in [0.1, 0.15) is 93.2 Å². The molecule has 0 saturated heterocycles. The normalized spacial score (nSPS) is 11.5. The van der Waals surface area contributed by atoms with E-state index in [2.05, 4.69) is 0 Å². The van der Waals surface area contributed by atoms with Gasteiger partial charge in [-0.2, -0.15) is 0 Å². The van der Waals surface area contributed by atoms with Crippen LogP contribution in [0.25, 0.3) is 10.8 Å². The number of aromatic carboxylic acids is 9. The molecule has 0 saturated carbocycles. The van der Waals surface area contributed by atoms with Crippen LogP contribution in [0.5, 0.6) is 0 Å². The third kappa shape index (κ3) is 9.69. The van der Waals surface area contributed by atoms with Gasteiger partial charge in [0.15, 0.2) is 0 Å². The zero-order valence-corrected chi connectivity index (χ0v) is 34.7. The first-order valence-corrected chi connectivity index (χ1v) is 21.6. The van der Waals surface area contributed by atoms with Crippen molar-refractivity contribution in [2.45, 2.75) is 14.7 Å². The summed E-state index contributed by atoms with van der Waals surface area (Å²) in [6.07, 6.45) is 0. The van der Waals surface area contributed by atoms with Crippen molar-refractivity contribution in [2.24, 2.45) is 0 Å². The van der Waals surface area contributed by atoms with Crippen molar-refractivity contribution in [3.05, 3.63) is 117 Å². The van der Waals surface area contributed by atoms with Crippen LogP contribution < -0.4 is 14.2 Å². The number of carboxylic acids is 9. The van der Waals surface area contributed by atoms with Crippen molar-refractivity contribution in [2.75, 3.05) is 14.2 Å². The molecule has 348 valence electrons. The molecule has 0 heterocycles. The fraction of sp³-hybridized carbons (Fsp3) is 0. The number of anilines is 3. The Balaban J connectivity index is 1.78. The van der Waals surface area contributed by atoms with Crippen molar-refractivity contribution >= 4 is 112 Å². The Morgan fingerprint density at radius 3 is 0.881 bits per heavy atom. The number of sulfonamides is 3. The summed E-state index contributed by atoms with van der Waals surface area (Å²) in [5.41, 5.74) is -14.0. The maximum atomic E-state index is 14.2. The van der Waals surface area contributed by atoms with Gasteiger partial charge < -0.3 is 46.0 Å². The van der Waals surface area contributed by atoms with Gasteiger partial charge in [-0.1, -0.05) is 6.07 Å². The van der Waals surface area contributed by atoms with E-state index in [1.807, 2.05) is 4.72 Å². The second kappa shape index (κ2) is 17.4. The summed E-state index contributed by atoms with van der Waals surface area (Å²) >= 11 is 0. The molecule has 0 aliphatic carbocycles. The number of carboxylic acid groups (broad SMARTS) is 9. The highest BCUT2D eigenvalue weighted by Crippen LogP contribution is 2.34. The van der Waals surface area contributed by atoms with Crippen LogP contribution >= 0.6 is 0 Å². The van der Waals surface area contributed by atoms with Crippen LogP contribution in [0.15, 0.2) is 81.4 Å². The molecule has 5 rings (SSSR count). The van der Waals surface area contributed by atoms with Crippen LogP contribution in [0, 0.1) is 0 Å². The first kappa shape index (κ1) is 48.9. The molecule has 0 aliphatic rings. The van der Waals surface area contributed by atoms with E-state index in [-0.39, 0.29) is 0 Å². The van der Waals surface area contributed by atoms with E-state index in [0.717, 1.165) is 6.07 Å². The number of hydrogen-bond donors (Lipinski definition) is 12. The first-order valence-electron chi connectivity index (χ1n) is 17.2. The molecule has 0 aliphatic heterocycles. The smallest absolute Gasteiger partial charge is 0.337 e. The van der Waals surface area contributed by atoms with Gasteiger partial charge in [0.05, 0.1) is 81.8 Å². The number of fused-ring (bicyclic) bond motifs is 1. The second-order valence-corrected chi connectivity index (χ2v) is 18.2. The van der Waals surface area contributed by atoms with Crippen molar-refractivity contribution in [3.63, 3.8) is 0 Å². The second-order valence-electron chi connectivity index (χ2n) is 13.2. The van der Waals surface area contributed by atoms with Gasteiger partial charge in [-0.3, -0.25) is 14.2 Å². The maximum Gasteiger partial charge on any atom is 0.337 e. The third-order valence-corrected chi connectivity index (χ3v) is 13.1. The summed E-state index contributed by atoms with van der Waals surface area (Å²) in [6, 6.07) is 5.29. The van der Waals surface area contributed by atoms with Crippen LogP contribution in [-0.2, 0) is 30.1 Å². The summed E-state index contributed by atoms with van der Waals surface area (Å²) in [5, 5.41) is 84.9. The molecule has 0 fully saturated rings. The van der Waals surface area contributed by atoms with E-state index in [1.54, 1.807) is 9.44 Å². The van der Waals surface area contributed by atoms with Gasteiger partial charge in [-0.25, -0.2) is 68.4 Å². The molecule has 0 unspecified atom stereocenters. The minimum atomic E-state index is -5.42. The van der Waals surface area contributed by atoms with Crippen LogP contribution in [0.2, 0.25) is 0 Å². The summed E-state index contributed by atoms with van der Waals surface area (Å²) in [4.78, 5) is 104. The molecule has 12 N–H and O–H groups in total. The molecule has 30 heteroatoms. The number of rotatable bonds is 18. The molecule has 5 aromatic rings. The molecule has 0 bridgehead atoms. The van der Waals surface area contributed by atoms with Gasteiger partial charge in [0.1, 0.15) is 0 Å². The molecule has 0 atom stereocenters. The molecule has 27 nitrogen and oxygen atoms in total. The van der Waals surface area contributed by atoms with Gasteiger partial charge in [0.2, 0.25) is 0 Å². The Kier molecular flexibility index (Phi) is 12.7. The third-order valence-electron chi connectivity index (χ3n) is 8.97. The monoisotopic (exact) mass is 989 g/mol. The van der Waals surface area contributed by atoms with E-state index in [0.29, 0.717) is 60.7 Å². The van der Waals surface area contributed by atoms with Gasteiger partial charge >= 0.3 is 53.7 Å². The van der Waals surface area contributed by atoms with E-state index in [1.165, 1.54) is 0 Å². The SMILES string of the molecule is O=C(O)c1cc(NS(=O)(=O)c2ccc3c(S(=O)(=O)Nc4cc(C(=O)O)c(C(=O)O)c(C(=O)O)c4)cc(S(=O)(=O)Nc4cc(C(=O)O)c(C(=O)O)c(C(=O)O)c4)cc3c2)cc(C(=O)O)c1C(=O)O. The predicted octanol–water partition coefficient (Wildman–Crippen LogP) is 2.53. The minimum absolute atomic E-state index is 0.355. The highest BCUT2D eigenvalue weighted by atomic mass is 32.2. The maximum absolute atomic E-state index is 14.2. The first-order chi connectivity index (χ1) is 30.9. The van der Waals surface area contributed by atoms with Gasteiger partial charge in [-0.05, 0) is 66.0 Å². The van der Waals surface area contributed by atoms with Crippen molar-refractivity contribution in [1.29, 1.82) is 0 Å². The lowest BCUT2D eigenvalue weighted by atomic mass is 10.00. The standard InChI is InChI=1S/C37H23N3O24S3/c41-29(42)19-5-13(6-20(30(43)44)26(19)35(53)54)38-65(59,60)16-1-2-18-12(3-16)4-17(66(61,62)39-14-7-21(31(45)46)27(36(55)56)22(8-14)32(47)48)11-25(18)67(63,64)40-15-9-23(33(49)50)28(37(57)58)24(10-15)34(51)52/h1-11,38-40H,(H,41,42)(H,43,44)(H,45,46)(H,47,48)(H,49,50)(H,51,52)(H,53,54)(H,55,56)(H,57,58). The highest BCUT2D eigenvalue weighted by Gasteiger charge is 2.32. The molecular weight excluding hydrogens is 967 g/mol. The van der Waals surface area contributed by atoms with Crippen molar-refractivity contribution < 1.29 is 114 Å². The van der Waals surface area contributed by atoms with Crippen LogP contribution in [0.4, 0.5) is 17.1 Å². The molecule has 0 radical (unpaired) electrons. The number of carbonyl (C=O) groups is 9. The Labute approximate surface area is 370 Å². The molecular formula is C37H23N3O24S3. The van der Waals surface area contributed by atoms with Gasteiger partial charge in [0.25, 0.3) is 30.1 Å². The summed E-state index contributed by atoms with van der Waals surface area (Å²) in [7, 11) is -15.9. The molecule has 0 amide bonds. The van der Waals surface area contributed by atoms with Crippen LogP contribution in [-0.4, -0.2) is 125 Å². The molecule has 5 aromatic carbocycles.